The summed E-state index contributed by atoms with van der Waals surface area (Å²) in [6.45, 7) is 9.05. The monoisotopic (exact) mass is 956 g/mol. The second-order valence-corrected chi connectivity index (χ2v) is 17.2. The molecule has 7 aromatic rings. The van der Waals surface area contributed by atoms with Crippen molar-refractivity contribution in [2.45, 2.75) is 71.1 Å². The predicted octanol–water partition coefficient (Wildman–Crippen LogP) is 9.29. The van der Waals surface area contributed by atoms with Gasteiger partial charge in [-0.05, 0) is 23.1 Å². The van der Waals surface area contributed by atoms with Crippen molar-refractivity contribution in [3.05, 3.63) is 208 Å². The molecule has 0 N–H and O–H groups in total. The van der Waals surface area contributed by atoms with Crippen LogP contribution in [0.3, 0.4) is 0 Å². The molecule has 0 saturated carbocycles. The van der Waals surface area contributed by atoms with Crippen LogP contribution in [0, 0.1) is 6.07 Å². The largest absolute Gasteiger partial charge is 1.00 e. The van der Waals surface area contributed by atoms with E-state index in [2.05, 4.69) is 143 Å². The van der Waals surface area contributed by atoms with Crippen LogP contribution >= 0.6 is 0 Å². The molecule has 9 heteroatoms. The van der Waals surface area contributed by atoms with Crippen LogP contribution in [0.15, 0.2) is 158 Å². The number of aryl methyl sites for hydroxylation is 1. The van der Waals surface area contributed by atoms with Gasteiger partial charge in [-0.25, -0.2) is 6.07 Å². The van der Waals surface area contributed by atoms with Crippen molar-refractivity contribution in [3.63, 3.8) is 0 Å². The SMILES string of the molecule is CCCCc1cc(C(C)(C)C)c[cH-]1.FC(F)(F)c1cccc([C](=[Zr+2])c2cccc(C(F)(F)F)c2)c1.[Cl-].[Cl-].[c-]1c(-c2ccccc2)ccc2c1Cc1cc(-c3ccccc3)ccc1-2. The van der Waals surface area contributed by atoms with Gasteiger partial charge in [-0.1, -0.05) is 148 Å². The molecular weight excluding hydrogens is 913 g/mol. The van der Waals surface area contributed by atoms with E-state index < -0.39 is 23.5 Å². The Kier molecular flexibility index (Phi) is 17.6. The Hall–Kier alpha value is -4.42. The minimum atomic E-state index is -4.49. The van der Waals surface area contributed by atoms with Gasteiger partial charge in [0.25, 0.3) is 0 Å². The second-order valence-electron chi connectivity index (χ2n) is 15.9. The molecule has 0 atom stereocenters. The van der Waals surface area contributed by atoms with E-state index in [4.69, 9.17) is 0 Å². The molecule has 1 aliphatic rings. The van der Waals surface area contributed by atoms with Gasteiger partial charge < -0.3 is 24.8 Å². The number of rotatable bonds is 7. The predicted molar refractivity (Wildman–Crippen MR) is 230 cm³/mol. The van der Waals surface area contributed by atoms with Crippen LogP contribution in [-0.4, -0.2) is 3.21 Å². The molecule has 8 rings (SSSR count). The average Bonchev–Trinajstić information content (AvgIpc) is 3.88. The van der Waals surface area contributed by atoms with Crippen molar-refractivity contribution in [3.8, 4) is 33.4 Å². The van der Waals surface area contributed by atoms with Crippen LogP contribution in [0.1, 0.15) is 85.0 Å². The van der Waals surface area contributed by atoms with Crippen LogP contribution in [0.4, 0.5) is 26.3 Å². The fraction of sp³-hybridized carbons (Fsp3) is 0.208. The summed E-state index contributed by atoms with van der Waals surface area (Å²) in [5.41, 5.74) is 12.5. The number of hydrogen-bond acceptors (Lipinski definition) is 0. The molecule has 0 radical (unpaired) electrons. The Morgan fingerprint density at radius 3 is 1.66 bits per heavy atom. The van der Waals surface area contributed by atoms with Crippen molar-refractivity contribution < 1.29 is 75.4 Å². The number of hydrogen-bond donors (Lipinski definition) is 0. The second kappa shape index (κ2) is 21.8. The first-order chi connectivity index (χ1) is 28.5. The summed E-state index contributed by atoms with van der Waals surface area (Å²) < 4.78 is 76.7. The number of benzene rings is 6. The van der Waals surface area contributed by atoms with E-state index in [1.165, 1.54) is 99.2 Å². The average molecular weight is 959 g/mol. The molecule has 0 amide bonds. The fourth-order valence-electron chi connectivity index (χ4n) is 7.08. The van der Waals surface area contributed by atoms with Crippen molar-refractivity contribution in [1.82, 2.24) is 0 Å². The maximum atomic E-state index is 12.7. The van der Waals surface area contributed by atoms with Gasteiger partial charge in [0.05, 0.1) is 0 Å². The third-order valence-electron chi connectivity index (χ3n) is 10.4. The van der Waals surface area contributed by atoms with Crippen LogP contribution in [0.25, 0.3) is 33.4 Å². The van der Waals surface area contributed by atoms with E-state index in [1.54, 1.807) is 0 Å². The number of fused-ring (bicyclic) bond motifs is 3. The quantitative estimate of drug-likeness (QED) is 0.111. The number of alkyl halides is 6. The zero-order valence-corrected chi connectivity index (χ0v) is 38.8. The molecule has 0 fully saturated rings. The van der Waals surface area contributed by atoms with E-state index >= 15 is 0 Å². The van der Waals surface area contributed by atoms with E-state index in [-0.39, 0.29) is 35.9 Å². The minimum Gasteiger partial charge on any atom is -1.00 e. The van der Waals surface area contributed by atoms with Crippen LogP contribution in [-0.2, 0) is 54.8 Å². The Morgan fingerprint density at radius 1 is 0.597 bits per heavy atom. The molecule has 0 unspecified atom stereocenters. The number of unbranched alkanes of at least 4 members (excludes halogenated alkanes) is 1. The summed E-state index contributed by atoms with van der Waals surface area (Å²) >= 11 is 0.729. The van der Waals surface area contributed by atoms with E-state index in [0.717, 1.165) is 54.9 Å². The third kappa shape index (κ3) is 13.1. The summed E-state index contributed by atoms with van der Waals surface area (Å²) in [5, 5.41) is 0. The van der Waals surface area contributed by atoms with Gasteiger partial charge in [0.2, 0.25) is 0 Å². The molecule has 320 valence electrons. The summed E-state index contributed by atoms with van der Waals surface area (Å²) in [7, 11) is 0. The topological polar surface area (TPSA) is 0 Å². The molecule has 0 heterocycles. The normalized spacial score (nSPS) is 11.7. The molecule has 1 aliphatic carbocycles. The Labute approximate surface area is 389 Å². The summed E-state index contributed by atoms with van der Waals surface area (Å²) in [4.78, 5) is 0. The molecule has 0 aromatic heterocycles. The Bertz CT molecular complexity index is 2380. The van der Waals surface area contributed by atoms with Crippen LogP contribution in [0.2, 0.25) is 0 Å². The molecule has 62 heavy (non-hydrogen) atoms. The number of halogens is 8. The third-order valence-corrected chi connectivity index (χ3v) is 11.9. The van der Waals surface area contributed by atoms with E-state index in [0.29, 0.717) is 8.62 Å². The van der Waals surface area contributed by atoms with Crippen molar-refractivity contribution >= 4 is 3.21 Å². The molecule has 0 saturated heterocycles. The van der Waals surface area contributed by atoms with Gasteiger partial charge in [0, 0.05) is 0 Å². The molecule has 0 bridgehead atoms. The van der Waals surface area contributed by atoms with Gasteiger partial charge in [-0.2, -0.15) is 23.3 Å². The van der Waals surface area contributed by atoms with Gasteiger partial charge in [0.1, 0.15) is 0 Å². The summed E-state index contributed by atoms with van der Waals surface area (Å²) in [6, 6.07) is 52.1. The van der Waals surface area contributed by atoms with Crippen molar-refractivity contribution in [2.75, 3.05) is 0 Å². The Morgan fingerprint density at radius 2 is 1.15 bits per heavy atom. The first-order valence-corrected chi connectivity index (χ1v) is 21.2. The Balaban J connectivity index is 0.000000211. The van der Waals surface area contributed by atoms with Crippen molar-refractivity contribution in [1.29, 1.82) is 0 Å². The zero-order chi connectivity index (χ0) is 43.1. The van der Waals surface area contributed by atoms with Crippen LogP contribution in [0.5, 0.6) is 0 Å². The summed E-state index contributed by atoms with van der Waals surface area (Å²) in [5.74, 6) is 0. The van der Waals surface area contributed by atoms with E-state index in [9.17, 15) is 26.3 Å². The van der Waals surface area contributed by atoms with Gasteiger partial charge in [-0.15, -0.1) is 29.3 Å². The van der Waals surface area contributed by atoms with E-state index in [1.807, 2.05) is 0 Å². The molecule has 0 nitrogen and oxygen atoms in total. The van der Waals surface area contributed by atoms with Gasteiger partial charge in [-0.3, -0.25) is 0 Å². The maximum Gasteiger partial charge on any atom is -0.0181 e. The maximum absolute atomic E-state index is 12.7. The van der Waals surface area contributed by atoms with Crippen molar-refractivity contribution in [2.24, 2.45) is 0 Å². The molecule has 0 aliphatic heterocycles. The van der Waals surface area contributed by atoms with Crippen LogP contribution < -0.4 is 24.8 Å². The van der Waals surface area contributed by atoms with Gasteiger partial charge >= 0.3 is 137 Å². The molecule has 7 aromatic carbocycles. The summed E-state index contributed by atoms with van der Waals surface area (Å²) in [6.07, 6.45) is -4.16. The van der Waals surface area contributed by atoms with Gasteiger partial charge in [0.15, 0.2) is 0 Å². The molecular formula is C53H46Cl2F6Zr-2. The fourth-order valence-corrected chi connectivity index (χ4v) is 7.85. The zero-order valence-electron chi connectivity index (χ0n) is 34.9. The first-order valence-electron chi connectivity index (χ1n) is 20.0. The smallest absolute Gasteiger partial charge is 0.0181 e. The first kappa shape index (κ1) is 50.2. The molecule has 0 spiro atoms. The standard InChI is InChI=1S/C25H17.C15H8F6.C13H21.2ClH.Zr/c1-3-7-18(8-4-1)20-11-13-24-22(15-20)17-23-16-21(12-14-25(23)24)19-9-5-2-6-10-19;16-14(17,18)12-5-1-3-10(8-12)7-11-4-2-6-13(9-11)15(19,20)21;1-5-6-7-11-8-9-12(10-11)13(2,3)4;;;/h1-15H,17H2;1-6,8-9H;8-10H,5-7H2,1-4H3;2*1H;/q-1;;-1;;;+2/p-2. The minimum absolute atomic E-state index is 0.